The van der Waals surface area contributed by atoms with Crippen LogP contribution in [0.2, 0.25) is 0 Å². The molecule has 7 nitrogen and oxygen atoms in total. The number of carbonyl (C=O) groups is 1. The molecule has 0 spiro atoms. The molecule has 3 N–H and O–H groups in total. The van der Waals surface area contributed by atoms with E-state index in [0.717, 1.165) is 17.0 Å². The van der Waals surface area contributed by atoms with Crippen molar-refractivity contribution in [2.24, 2.45) is 0 Å². The van der Waals surface area contributed by atoms with Gasteiger partial charge in [0.1, 0.15) is 5.82 Å². The van der Waals surface area contributed by atoms with Crippen LogP contribution in [0, 0.1) is 13.8 Å². The number of aryl methyl sites for hydroxylation is 3. The topological polar surface area (TPSA) is 104 Å². The van der Waals surface area contributed by atoms with Crippen molar-refractivity contribution in [3.05, 3.63) is 57.4 Å². The Balaban J connectivity index is 1.52. The van der Waals surface area contributed by atoms with E-state index in [4.69, 9.17) is 0 Å². The van der Waals surface area contributed by atoms with Gasteiger partial charge >= 0.3 is 0 Å². The van der Waals surface area contributed by atoms with E-state index >= 15 is 0 Å². The van der Waals surface area contributed by atoms with E-state index in [-0.39, 0.29) is 11.5 Å². The zero-order chi connectivity index (χ0) is 17.8. The second-order valence-electron chi connectivity index (χ2n) is 6.07. The molecule has 0 saturated heterocycles. The van der Waals surface area contributed by atoms with Gasteiger partial charge in [-0.2, -0.15) is 5.10 Å². The van der Waals surface area contributed by atoms with Crippen LogP contribution in [-0.4, -0.2) is 26.1 Å². The normalized spacial score (nSPS) is 11.0. The van der Waals surface area contributed by atoms with Crippen LogP contribution in [0.5, 0.6) is 0 Å². The maximum atomic E-state index is 12.0. The Kier molecular flexibility index (Phi) is 4.92. The zero-order valence-electron chi connectivity index (χ0n) is 14.3. The van der Waals surface area contributed by atoms with Gasteiger partial charge in [-0.05, 0) is 32.4 Å². The zero-order valence-corrected chi connectivity index (χ0v) is 14.3. The lowest BCUT2D eigenvalue weighted by Crippen LogP contribution is -2.23. The summed E-state index contributed by atoms with van der Waals surface area (Å²) in [4.78, 5) is 31.2. The molecule has 0 aliphatic carbocycles. The smallest absolute Gasteiger partial charge is 0.258 e. The number of hydrogen-bond donors (Lipinski definition) is 3. The van der Waals surface area contributed by atoms with E-state index < -0.39 is 0 Å². The van der Waals surface area contributed by atoms with Crippen LogP contribution >= 0.6 is 0 Å². The number of fused-ring (bicyclic) bond motifs is 1. The first-order valence-electron chi connectivity index (χ1n) is 8.29. The Morgan fingerprint density at radius 3 is 2.80 bits per heavy atom. The van der Waals surface area contributed by atoms with Gasteiger partial charge in [-0.3, -0.25) is 14.7 Å². The number of hydrogen-bond acceptors (Lipinski definition) is 4. The number of nitrogens with zero attached hydrogens (tertiary/aromatic N) is 2. The number of aromatic amines is 2. The molecule has 1 aromatic carbocycles. The number of rotatable bonds is 6. The number of benzene rings is 1. The molecule has 0 radical (unpaired) electrons. The van der Waals surface area contributed by atoms with Crippen LogP contribution in [-0.2, 0) is 17.8 Å². The van der Waals surface area contributed by atoms with Gasteiger partial charge in [0.05, 0.1) is 16.6 Å². The number of aromatic nitrogens is 4. The number of H-pyrrole nitrogens is 2. The summed E-state index contributed by atoms with van der Waals surface area (Å²) in [5.74, 6) is 0.584. The van der Waals surface area contributed by atoms with Crippen molar-refractivity contribution in [1.82, 2.24) is 25.5 Å². The van der Waals surface area contributed by atoms with Crippen molar-refractivity contribution in [1.29, 1.82) is 0 Å². The Bertz CT molecular complexity index is 938. The molecule has 130 valence electrons. The van der Waals surface area contributed by atoms with Crippen LogP contribution < -0.4 is 10.9 Å². The minimum atomic E-state index is -0.143. The van der Waals surface area contributed by atoms with Gasteiger partial charge in [0.2, 0.25) is 5.91 Å². The molecule has 2 aromatic heterocycles. The highest BCUT2D eigenvalue weighted by molar-refractivity contribution is 5.77. The standard InChI is InChI=1S/C18H21N5O2/c1-11-14(12(2)23-22-11)10-19-17(24)9-5-8-16-20-15-7-4-3-6-13(15)18(25)21-16/h3-4,6-7H,5,8-10H2,1-2H3,(H,19,24)(H,22,23)(H,20,21,25). The molecule has 0 saturated carbocycles. The predicted octanol–water partition coefficient (Wildman–Crippen LogP) is 1.90. The Morgan fingerprint density at radius 2 is 2.04 bits per heavy atom. The summed E-state index contributed by atoms with van der Waals surface area (Å²) in [7, 11) is 0. The first kappa shape index (κ1) is 16.9. The quantitative estimate of drug-likeness (QED) is 0.638. The molecule has 1 amide bonds. The summed E-state index contributed by atoms with van der Waals surface area (Å²) in [6.07, 6.45) is 1.56. The number of para-hydroxylation sites is 1. The molecule has 2 heterocycles. The average molecular weight is 339 g/mol. The number of nitrogens with one attached hydrogen (secondary N) is 3. The van der Waals surface area contributed by atoms with Gasteiger partial charge in [-0.25, -0.2) is 4.98 Å². The monoisotopic (exact) mass is 339 g/mol. The SMILES string of the molecule is Cc1n[nH]c(C)c1CNC(=O)CCCc1nc2ccccc2c(=O)[nH]1. The Morgan fingerprint density at radius 1 is 1.24 bits per heavy atom. The molecule has 0 fully saturated rings. The fourth-order valence-electron chi connectivity index (χ4n) is 2.78. The van der Waals surface area contributed by atoms with Gasteiger partial charge in [0, 0.05) is 30.6 Å². The maximum absolute atomic E-state index is 12.0. The van der Waals surface area contributed by atoms with E-state index in [0.29, 0.717) is 42.5 Å². The third kappa shape index (κ3) is 3.93. The van der Waals surface area contributed by atoms with Gasteiger partial charge in [-0.1, -0.05) is 12.1 Å². The van der Waals surface area contributed by atoms with Gasteiger partial charge in [0.15, 0.2) is 0 Å². The third-order valence-electron chi connectivity index (χ3n) is 4.22. The first-order valence-corrected chi connectivity index (χ1v) is 8.29. The fraction of sp³-hybridized carbons (Fsp3) is 0.333. The lowest BCUT2D eigenvalue weighted by Gasteiger charge is -2.06. The summed E-state index contributed by atoms with van der Waals surface area (Å²) in [5.41, 5.74) is 3.42. The molecule has 0 bridgehead atoms. The minimum absolute atomic E-state index is 0.0249. The molecular formula is C18H21N5O2. The second-order valence-corrected chi connectivity index (χ2v) is 6.07. The molecule has 3 rings (SSSR count). The van der Waals surface area contributed by atoms with Crippen molar-refractivity contribution in [3.8, 4) is 0 Å². The molecule has 3 aromatic rings. The highest BCUT2D eigenvalue weighted by Crippen LogP contribution is 2.09. The van der Waals surface area contributed by atoms with E-state index in [2.05, 4.69) is 25.5 Å². The molecule has 0 aliphatic heterocycles. The van der Waals surface area contributed by atoms with Crippen LogP contribution in [0.3, 0.4) is 0 Å². The fourth-order valence-corrected chi connectivity index (χ4v) is 2.78. The Hall–Kier alpha value is -2.96. The van der Waals surface area contributed by atoms with Crippen LogP contribution in [0.25, 0.3) is 10.9 Å². The molecular weight excluding hydrogens is 318 g/mol. The van der Waals surface area contributed by atoms with E-state index in [1.54, 1.807) is 6.07 Å². The lowest BCUT2D eigenvalue weighted by molar-refractivity contribution is -0.121. The van der Waals surface area contributed by atoms with Crippen LogP contribution in [0.15, 0.2) is 29.1 Å². The highest BCUT2D eigenvalue weighted by atomic mass is 16.1. The van der Waals surface area contributed by atoms with E-state index in [1.165, 1.54) is 0 Å². The summed E-state index contributed by atoms with van der Waals surface area (Å²) in [6.45, 7) is 4.31. The molecule has 0 aliphatic rings. The molecule has 7 heteroatoms. The Labute approximate surface area is 144 Å². The van der Waals surface area contributed by atoms with Crippen molar-refractivity contribution < 1.29 is 4.79 Å². The third-order valence-corrected chi connectivity index (χ3v) is 4.22. The van der Waals surface area contributed by atoms with Gasteiger partial charge < -0.3 is 10.3 Å². The minimum Gasteiger partial charge on any atom is -0.352 e. The predicted molar refractivity (Wildman–Crippen MR) is 95.2 cm³/mol. The van der Waals surface area contributed by atoms with Crippen molar-refractivity contribution >= 4 is 16.8 Å². The van der Waals surface area contributed by atoms with E-state index in [9.17, 15) is 9.59 Å². The van der Waals surface area contributed by atoms with Gasteiger partial charge in [-0.15, -0.1) is 0 Å². The summed E-state index contributed by atoms with van der Waals surface area (Å²) >= 11 is 0. The molecule has 25 heavy (non-hydrogen) atoms. The largest absolute Gasteiger partial charge is 0.352 e. The average Bonchev–Trinajstić information content (AvgIpc) is 2.91. The van der Waals surface area contributed by atoms with Crippen LogP contribution in [0.4, 0.5) is 0 Å². The van der Waals surface area contributed by atoms with Crippen molar-refractivity contribution in [3.63, 3.8) is 0 Å². The van der Waals surface area contributed by atoms with Crippen molar-refractivity contribution in [2.75, 3.05) is 0 Å². The summed E-state index contributed by atoms with van der Waals surface area (Å²) < 4.78 is 0. The van der Waals surface area contributed by atoms with E-state index in [1.807, 2.05) is 32.0 Å². The highest BCUT2D eigenvalue weighted by Gasteiger charge is 2.09. The first-order chi connectivity index (χ1) is 12.0. The van der Waals surface area contributed by atoms with Crippen molar-refractivity contribution in [2.45, 2.75) is 39.7 Å². The number of amides is 1. The second kappa shape index (κ2) is 7.29. The summed E-state index contributed by atoms with van der Waals surface area (Å²) in [6, 6.07) is 7.23. The molecule has 0 unspecified atom stereocenters. The maximum Gasteiger partial charge on any atom is 0.258 e. The number of carbonyl (C=O) groups excluding carboxylic acids is 1. The van der Waals surface area contributed by atoms with Gasteiger partial charge in [0.25, 0.3) is 5.56 Å². The lowest BCUT2D eigenvalue weighted by atomic mass is 10.2. The summed E-state index contributed by atoms with van der Waals surface area (Å²) in [5, 5.41) is 10.5. The molecule has 0 atom stereocenters. The van der Waals surface area contributed by atoms with Crippen LogP contribution in [0.1, 0.15) is 35.6 Å².